The highest BCUT2D eigenvalue weighted by Gasteiger charge is 2.35. The summed E-state index contributed by atoms with van der Waals surface area (Å²) in [5.74, 6) is -0.744. The van der Waals surface area contributed by atoms with E-state index in [0.717, 1.165) is 4.31 Å². The van der Waals surface area contributed by atoms with Crippen LogP contribution in [-0.2, 0) is 19.6 Å². The topological polar surface area (TPSA) is 141 Å². The molecule has 1 saturated heterocycles. The Morgan fingerprint density at radius 1 is 1.36 bits per heavy atom. The number of H-pyrrole nitrogens is 2. The molecule has 0 spiro atoms. The van der Waals surface area contributed by atoms with Gasteiger partial charge in [-0.1, -0.05) is 0 Å². The molecule has 25 heavy (non-hydrogen) atoms. The monoisotopic (exact) mass is 374 g/mol. The quantitative estimate of drug-likeness (QED) is 0.519. The number of hydrogen-bond acceptors (Lipinski definition) is 6. The molecular formula is C14H22N4O6S. The summed E-state index contributed by atoms with van der Waals surface area (Å²) in [6.45, 7) is 2.26. The summed E-state index contributed by atoms with van der Waals surface area (Å²) in [6.07, 6.45) is 1.06. The Bertz CT molecular complexity index is 844. The third-order valence-electron chi connectivity index (χ3n) is 4.03. The van der Waals surface area contributed by atoms with Crippen LogP contribution in [0.4, 0.5) is 0 Å². The van der Waals surface area contributed by atoms with Gasteiger partial charge in [-0.25, -0.2) is 13.2 Å². The largest absolute Gasteiger partial charge is 0.383 e. The molecule has 0 aliphatic carbocycles. The molecule has 1 atom stereocenters. The molecule has 1 amide bonds. The molecule has 1 aliphatic rings. The molecule has 1 aromatic heterocycles. The van der Waals surface area contributed by atoms with Gasteiger partial charge in [0.1, 0.15) is 0 Å². The van der Waals surface area contributed by atoms with Gasteiger partial charge in [0.25, 0.3) is 5.56 Å². The molecule has 0 saturated carbocycles. The maximum absolute atomic E-state index is 12.8. The van der Waals surface area contributed by atoms with Crippen molar-refractivity contribution in [1.29, 1.82) is 0 Å². The number of aryl methyl sites for hydroxylation is 1. The molecule has 1 aliphatic heterocycles. The lowest BCUT2D eigenvalue weighted by molar-refractivity contribution is -0.126. The van der Waals surface area contributed by atoms with E-state index < -0.39 is 32.1 Å². The van der Waals surface area contributed by atoms with E-state index in [1.54, 1.807) is 0 Å². The average molecular weight is 374 g/mol. The van der Waals surface area contributed by atoms with Crippen LogP contribution in [0.25, 0.3) is 0 Å². The normalized spacial score (nSPS) is 18.9. The average Bonchev–Trinajstić information content (AvgIpc) is 2.54. The zero-order valence-corrected chi connectivity index (χ0v) is 14.9. The second-order valence-corrected chi connectivity index (χ2v) is 7.72. The van der Waals surface area contributed by atoms with Gasteiger partial charge < -0.3 is 15.0 Å². The lowest BCUT2D eigenvalue weighted by Gasteiger charge is -2.31. The van der Waals surface area contributed by atoms with Crippen molar-refractivity contribution in [3.63, 3.8) is 0 Å². The van der Waals surface area contributed by atoms with E-state index >= 15 is 0 Å². The Labute approximate surface area is 144 Å². The Hall–Kier alpha value is -1.98. The molecule has 3 N–H and O–H groups in total. The van der Waals surface area contributed by atoms with Crippen molar-refractivity contribution in [2.75, 3.05) is 33.4 Å². The first-order chi connectivity index (χ1) is 11.8. The van der Waals surface area contributed by atoms with Gasteiger partial charge in [-0.05, 0) is 19.8 Å². The van der Waals surface area contributed by atoms with Crippen LogP contribution in [0, 0.1) is 12.8 Å². The number of amides is 1. The summed E-state index contributed by atoms with van der Waals surface area (Å²) < 4.78 is 31.6. The minimum absolute atomic E-state index is 0.0147. The van der Waals surface area contributed by atoms with Crippen LogP contribution in [0.2, 0.25) is 0 Å². The third-order valence-corrected chi connectivity index (χ3v) is 6.05. The lowest BCUT2D eigenvalue weighted by atomic mass is 9.99. The second-order valence-electron chi connectivity index (χ2n) is 5.85. The third kappa shape index (κ3) is 4.35. The van der Waals surface area contributed by atoms with Crippen molar-refractivity contribution in [2.45, 2.75) is 24.7 Å². The number of ether oxygens (including phenoxy) is 1. The van der Waals surface area contributed by atoms with Crippen LogP contribution in [0.15, 0.2) is 14.5 Å². The smallest absolute Gasteiger partial charge is 0.325 e. The minimum Gasteiger partial charge on any atom is -0.383 e. The van der Waals surface area contributed by atoms with Crippen LogP contribution in [0.1, 0.15) is 18.5 Å². The first kappa shape index (κ1) is 19.3. The molecule has 0 unspecified atom stereocenters. The number of methoxy groups -OCH3 is 1. The second kappa shape index (κ2) is 7.93. The number of hydrogen-bond donors (Lipinski definition) is 3. The van der Waals surface area contributed by atoms with E-state index in [4.69, 9.17) is 4.74 Å². The highest BCUT2D eigenvalue weighted by atomic mass is 32.2. The van der Waals surface area contributed by atoms with Gasteiger partial charge in [-0.3, -0.25) is 14.6 Å². The number of aromatic nitrogens is 2. The molecule has 2 heterocycles. The molecule has 10 nitrogen and oxygen atoms in total. The Balaban J connectivity index is 2.21. The molecule has 0 bridgehead atoms. The minimum atomic E-state index is -4.12. The summed E-state index contributed by atoms with van der Waals surface area (Å²) in [5.41, 5.74) is -1.76. The first-order valence-corrected chi connectivity index (χ1v) is 9.31. The molecule has 1 fully saturated rings. The predicted octanol–water partition coefficient (Wildman–Crippen LogP) is -1.47. The van der Waals surface area contributed by atoms with Crippen LogP contribution in [0.5, 0.6) is 0 Å². The summed E-state index contributed by atoms with van der Waals surface area (Å²) in [5, 5.41) is 2.69. The number of nitrogens with zero attached hydrogens (tertiary/aromatic N) is 1. The maximum Gasteiger partial charge on any atom is 0.325 e. The molecule has 0 radical (unpaired) electrons. The van der Waals surface area contributed by atoms with Crippen LogP contribution in [-0.4, -0.2) is 61.9 Å². The maximum atomic E-state index is 12.8. The zero-order chi connectivity index (χ0) is 18.6. The lowest BCUT2D eigenvalue weighted by Crippen LogP contribution is -2.47. The van der Waals surface area contributed by atoms with Crippen LogP contribution < -0.4 is 16.6 Å². The fraction of sp³-hybridized carbons (Fsp3) is 0.643. The fourth-order valence-electron chi connectivity index (χ4n) is 2.82. The Kier molecular flexibility index (Phi) is 6.14. The number of sulfonamides is 1. The van der Waals surface area contributed by atoms with Gasteiger partial charge >= 0.3 is 5.69 Å². The predicted molar refractivity (Wildman–Crippen MR) is 88.8 cm³/mol. The van der Waals surface area contributed by atoms with E-state index in [2.05, 4.69) is 10.3 Å². The van der Waals surface area contributed by atoms with Crippen molar-refractivity contribution in [3.05, 3.63) is 26.5 Å². The van der Waals surface area contributed by atoms with Crippen molar-refractivity contribution in [2.24, 2.45) is 5.92 Å². The standard InChI is InChI=1S/C14H22N4O6S/c1-9-11(13(20)17-14(21)16-9)25(22,23)18-6-3-4-10(8-18)12(19)15-5-7-24-2/h10H,3-8H2,1-2H3,(H,15,19)(H2,16,17,20,21)/t10-/m0/s1. The number of piperidine rings is 1. The number of carbonyl (C=O) groups is 1. The van der Waals surface area contributed by atoms with E-state index in [-0.39, 0.29) is 24.7 Å². The highest BCUT2D eigenvalue weighted by molar-refractivity contribution is 7.89. The van der Waals surface area contributed by atoms with Gasteiger partial charge in [0.05, 0.1) is 12.5 Å². The molecular weight excluding hydrogens is 352 g/mol. The van der Waals surface area contributed by atoms with Gasteiger partial charge in [0.15, 0.2) is 4.90 Å². The summed E-state index contributed by atoms with van der Waals surface area (Å²) in [4.78, 5) is 39.1. The van der Waals surface area contributed by atoms with E-state index in [1.165, 1.54) is 14.0 Å². The zero-order valence-electron chi connectivity index (χ0n) is 14.1. The summed E-state index contributed by atoms with van der Waals surface area (Å²) >= 11 is 0. The molecule has 140 valence electrons. The van der Waals surface area contributed by atoms with Gasteiger partial charge in [-0.2, -0.15) is 4.31 Å². The molecule has 0 aromatic carbocycles. The van der Waals surface area contributed by atoms with Gasteiger partial charge in [-0.15, -0.1) is 0 Å². The summed E-state index contributed by atoms with van der Waals surface area (Å²) in [7, 11) is -2.60. The Morgan fingerprint density at radius 3 is 2.72 bits per heavy atom. The number of carbonyl (C=O) groups excluding carboxylic acids is 1. The van der Waals surface area contributed by atoms with Crippen LogP contribution >= 0.6 is 0 Å². The number of aromatic amines is 2. The summed E-state index contributed by atoms with van der Waals surface area (Å²) in [6, 6.07) is 0. The van der Waals surface area contributed by atoms with E-state index in [1.807, 2.05) is 4.98 Å². The number of nitrogens with one attached hydrogen (secondary N) is 3. The highest BCUT2D eigenvalue weighted by Crippen LogP contribution is 2.23. The molecule has 1 aromatic rings. The first-order valence-electron chi connectivity index (χ1n) is 7.87. The van der Waals surface area contributed by atoms with Gasteiger partial charge in [0, 0.05) is 32.4 Å². The number of rotatable bonds is 6. The Morgan fingerprint density at radius 2 is 2.08 bits per heavy atom. The van der Waals surface area contributed by atoms with Crippen molar-refractivity contribution in [3.8, 4) is 0 Å². The fourth-order valence-corrected chi connectivity index (χ4v) is 4.55. The molecule has 11 heteroatoms. The van der Waals surface area contributed by atoms with Crippen molar-refractivity contribution >= 4 is 15.9 Å². The molecule has 2 rings (SSSR count). The van der Waals surface area contributed by atoms with E-state index in [0.29, 0.717) is 26.0 Å². The SMILES string of the molecule is COCCNC(=O)[C@H]1CCCN(S(=O)(=O)c2c(C)[nH]c(=O)[nH]c2=O)C1. The van der Waals surface area contributed by atoms with Crippen molar-refractivity contribution in [1.82, 2.24) is 19.6 Å². The van der Waals surface area contributed by atoms with Gasteiger partial charge in [0.2, 0.25) is 15.9 Å². The van der Waals surface area contributed by atoms with Crippen molar-refractivity contribution < 1.29 is 17.9 Å². The van der Waals surface area contributed by atoms with E-state index in [9.17, 15) is 22.8 Å². The van der Waals surface area contributed by atoms with Crippen LogP contribution in [0.3, 0.4) is 0 Å².